The highest BCUT2D eigenvalue weighted by Crippen LogP contribution is 2.43. The van der Waals surface area contributed by atoms with Crippen molar-refractivity contribution in [3.63, 3.8) is 0 Å². The first-order chi connectivity index (χ1) is 14.5. The molecule has 2 aromatic heterocycles. The van der Waals surface area contributed by atoms with Gasteiger partial charge in [0.05, 0.1) is 16.9 Å². The van der Waals surface area contributed by atoms with Crippen LogP contribution in [0.1, 0.15) is 12.5 Å². The van der Waals surface area contributed by atoms with Crippen LogP contribution in [0.3, 0.4) is 0 Å². The third-order valence-corrected chi connectivity index (χ3v) is 5.23. The van der Waals surface area contributed by atoms with Crippen LogP contribution in [-0.2, 0) is 4.79 Å². The summed E-state index contributed by atoms with van der Waals surface area (Å²) in [6.07, 6.45) is 3.00. The van der Waals surface area contributed by atoms with Gasteiger partial charge in [-0.3, -0.25) is 4.79 Å². The minimum atomic E-state index is -0.315. The lowest BCUT2D eigenvalue weighted by Gasteiger charge is -2.20. The Labute approximate surface area is 180 Å². The van der Waals surface area contributed by atoms with Crippen molar-refractivity contribution in [1.82, 2.24) is 15.1 Å². The first-order valence-corrected chi connectivity index (χ1v) is 9.84. The van der Waals surface area contributed by atoms with Gasteiger partial charge in [-0.2, -0.15) is 0 Å². The number of benzene rings is 2. The third-order valence-electron chi connectivity index (χ3n) is 4.55. The number of aryl methyl sites for hydroxylation is 1. The first kappa shape index (κ1) is 19.9. The van der Waals surface area contributed by atoms with Crippen molar-refractivity contribution in [2.24, 2.45) is 0 Å². The standard InChI is InChI=1S/C22H16BrFN4O2/c1-13-11-15(7-8-17(13)24)21-20(18-9-10-25-12-26-18)22(30-27-21)28(14(2)29)19-6-4-3-5-16(19)23/h3-12H,1-2H3. The lowest BCUT2D eigenvalue weighted by molar-refractivity contribution is -0.116. The molecule has 0 spiro atoms. The molecule has 0 atom stereocenters. The summed E-state index contributed by atoms with van der Waals surface area (Å²) in [6, 6.07) is 13.7. The lowest BCUT2D eigenvalue weighted by atomic mass is 10.0. The quantitative estimate of drug-likeness (QED) is 0.386. The number of anilines is 2. The number of amides is 1. The average molecular weight is 467 g/mol. The van der Waals surface area contributed by atoms with Crippen molar-refractivity contribution in [3.05, 3.63) is 76.9 Å². The summed E-state index contributed by atoms with van der Waals surface area (Å²) in [4.78, 5) is 22.4. The number of hydrogen-bond acceptors (Lipinski definition) is 5. The number of hydrogen-bond donors (Lipinski definition) is 0. The summed E-state index contributed by atoms with van der Waals surface area (Å²) in [6.45, 7) is 3.11. The molecular formula is C22H16BrFN4O2. The molecule has 8 heteroatoms. The van der Waals surface area contributed by atoms with E-state index in [1.165, 1.54) is 24.2 Å². The third kappa shape index (κ3) is 3.61. The van der Waals surface area contributed by atoms with Crippen LogP contribution in [0.2, 0.25) is 0 Å². The van der Waals surface area contributed by atoms with E-state index in [9.17, 15) is 9.18 Å². The van der Waals surface area contributed by atoms with Crippen LogP contribution in [0.5, 0.6) is 0 Å². The van der Waals surface area contributed by atoms with Crippen molar-refractivity contribution in [2.75, 3.05) is 4.90 Å². The van der Waals surface area contributed by atoms with Gasteiger partial charge in [-0.25, -0.2) is 19.3 Å². The molecular weight excluding hydrogens is 451 g/mol. The summed E-state index contributed by atoms with van der Waals surface area (Å²) in [5.74, 6) is -0.370. The van der Waals surface area contributed by atoms with Gasteiger partial charge in [0, 0.05) is 23.2 Å². The van der Waals surface area contributed by atoms with E-state index in [0.29, 0.717) is 38.2 Å². The van der Waals surface area contributed by atoms with Crippen LogP contribution >= 0.6 is 15.9 Å². The number of halogens is 2. The molecule has 150 valence electrons. The number of nitrogens with zero attached hydrogens (tertiary/aromatic N) is 4. The predicted octanol–water partition coefficient (Wildman–Crippen LogP) is 5.69. The molecule has 0 radical (unpaired) electrons. The van der Waals surface area contributed by atoms with Gasteiger partial charge in [-0.15, -0.1) is 0 Å². The molecule has 0 saturated carbocycles. The number of para-hydroxylation sites is 1. The van der Waals surface area contributed by atoms with E-state index in [-0.39, 0.29) is 17.6 Å². The van der Waals surface area contributed by atoms with Gasteiger partial charge in [0.1, 0.15) is 17.8 Å². The summed E-state index contributed by atoms with van der Waals surface area (Å²) in [7, 11) is 0. The Hall–Kier alpha value is -3.39. The molecule has 0 fully saturated rings. The van der Waals surface area contributed by atoms with E-state index in [2.05, 4.69) is 31.1 Å². The van der Waals surface area contributed by atoms with Crippen LogP contribution in [0.25, 0.3) is 22.5 Å². The van der Waals surface area contributed by atoms with Crippen molar-refractivity contribution < 1.29 is 13.7 Å². The fraction of sp³-hybridized carbons (Fsp3) is 0.0909. The number of carbonyl (C=O) groups excluding carboxylic acids is 1. The van der Waals surface area contributed by atoms with Crippen LogP contribution < -0.4 is 4.90 Å². The van der Waals surface area contributed by atoms with E-state index in [0.717, 1.165) is 0 Å². The predicted molar refractivity (Wildman–Crippen MR) is 115 cm³/mol. The highest BCUT2D eigenvalue weighted by molar-refractivity contribution is 9.10. The summed E-state index contributed by atoms with van der Waals surface area (Å²) in [5, 5.41) is 4.22. The molecule has 4 aromatic rings. The zero-order valence-electron chi connectivity index (χ0n) is 16.1. The van der Waals surface area contributed by atoms with Gasteiger partial charge >= 0.3 is 0 Å². The van der Waals surface area contributed by atoms with Gasteiger partial charge < -0.3 is 4.52 Å². The molecule has 0 unspecified atom stereocenters. The molecule has 0 aliphatic carbocycles. The fourth-order valence-corrected chi connectivity index (χ4v) is 3.61. The Kier molecular flexibility index (Phi) is 5.41. The Bertz CT molecular complexity index is 1230. The van der Waals surface area contributed by atoms with Crippen LogP contribution in [-0.4, -0.2) is 21.0 Å². The van der Waals surface area contributed by atoms with Crippen LogP contribution in [0, 0.1) is 12.7 Å². The number of rotatable bonds is 4. The van der Waals surface area contributed by atoms with E-state index in [4.69, 9.17) is 4.52 Å². The number of aromatic nitrogens is 3. The topological polar surface area (TPSA) is 72.1 Å². The van der Waals surface area contributed by atoms with E-state index < -0.39 is 0 Å². The Morgan fingerprint density at radius 3 is 2.63 bits per heavy atom. The van der Waals surface area contributed by atoms with E-state index in [1.54, 1.807) is 37.4 Å². The number of carbonyl (C=O) groups is 1. The molecule has 2 heterocycles. The largest absolute Gasteiger partial charge is 0.336 e. The minimum absolute atomic E-state index is 0.213. The molecule has 4 rings (SSSR count). The molecule has 0 aliphatic rings. The van der Waals surface area contributed by atoms with Crippen molar-refractivity contribution in [2.45, 2.75) is 13.8 Å². The van der Waals surface area contributed by atoms with E-state index >= 15 is 0 Å². The Morgan fingerprint density at radius 2 is 1.97 bits per heavy atom. The van der Waals surface area contributed by atoms with Gasteiger partial charge in [0.2, 0.25) is 11.8 Å². The second-order valence-corrected chi connectivity index (χ2v) is 7.43. The Balaban J connectivity index is 1.98. The molecule has 30 heavy (non-hydrogen) atoms. The monoisotopic (exact) mass is 466 g/mol. The SMILES string of the molecule is CC(=O)N(c1ccccc1Br)c1onc(-c2ccc(F)c(C)c2)c1-c1ccncn1. The second kappa shape index (κ2) is 8.16. The van der Waals surface area contributed by atoms with Gasteiger partial charge in [-0.05, 0) is 64.8 Å². The highest BCUT2D eigenvalue weighted by atomic mass is 79.9. The van der Waals surface area contributed by atoms with Crippen LogP contribution in [0.15, 0.2) is 70.1 Å². The van der Waals surface area contributed by atoms with Gasteiger partial charge in [0.15, 0.2) is 0 Å². The van der Waals surface area contributed by atoms with E-state index in [1.807, 2.05) is 18.2 Å². The maximum atomic E-state index is 13.8. The molecule has 1 amide bonds. The summed E-state index contributed by atoms with van der Waals surface area (Å²) < 4.78 is 20.2. The zero-order valence-corrected chi connectivity index (χ0v) is 17.7. The molecule has 2 aromatic carbocycles. The molecule has 0 bridgehead atoms. The van der Waals surface area contributed by atoms with Gasteiger partial charge in [0.25, 0.3) is 0 Å². The minimum Gasteiger partial charge on any atom is -0.336 e. The maximum absolute atomic E-state index is 13.8. The van der Waals surface area contributed by atoms with Crippen molar-refractivity contribution in [3.8, 4) is 22.5 Å². The second-order valence-electron chi connectivity index (χ2n) is 6.58. The molecule has 0 aliphatic heterocycles. The summed E-state index contributed by atoms with van der Waals surface area (Å²) >= 11 is 3.49. The molecule has 6 nitrogen and oxygen atoms in total. The highest BCUT2D eigenvalue weighted by Gasteiger charge is 2.29. The van der Waals surface area contributed by atoms with Crippen molar-refractivity contribution in [1.29, 1.82) is 0 Å². The lowest BCUT2D eigenvalue weighted by Crippen LogP contribution is -2.23. The zero-order chi connectivity index (χ0) is 21.3. The molecule has 0 saturated heterocycles. The smallest absolute Gasteiger partial charge is 0.248 e. The first-order valence-electron chi connectivity index (χ1n) is 9.05. The maximum Gasteiger partial charge on any atom is 0.248 e. The normalized spacial score (nSPS) is 10.8. The summed E-state index contributed by atoms with van der Waals surface area (Å²) in [5.41, 5.74) is 3.20. The van der Waals surface area contributed by atoms with Crippen molar-refractivity contribution >= 4 is 33.4 Å². The Morgan fingerprint density at radius 1 is 1.17 bits per heavy atom. The fourth-order valence-electron chi connectivity index (χ4n) is 3.15. The average Bonchev–Trinajstić information content (AvgIpc) is 3.16. The molecule has 0 N–H and O–H groups in total. The van der Waals surface area contributed by atoms with Gasteiger partial charge in [-0.1, -0.05) is 17.3 Å². The van der Waals surface area contributed by atoms with Crippen LogP contribution in [0.4, 0.5) is 16.0 Å².